The molecule has 0 radical (unpaired) electrons. The number of halogens is 1. The van der Waals surface area contributed by atoms with Crippen LogP contribution < -0.4 is 25.4 Å². The zero-order valence-electron chi connectivity index (χ0n) is 14.9. The average Bonchev–Trinajstić information content (AvgIpc) is 3.35. The van der Waals surface area contributed by atoms with Gasteiger partial charge in [-0.15, -0.1) is 11.3 Å². The Labute approximate surface area is 174 Å². The third kappa shape index (κ3) is 4.76. The van der Waals surface area contributed by atoms with Gasteiger partial charge in [0.2, 0.25) is 6.79 Å². The van der Waals surface area contributed by atoms with E-state index in [2.05, 4.69) is 20.9 Å². The van der Waals surface area contributed by atoms with E-state index >= 15 is 0 Å². The number of carbonyl (C=O) groups excluding carboxylic acids is 2. The lowest BCUT2D eigenvalue weighted by atomic mass is 10.2. The van der Waals surface area contributed by atoms with E-state index in [9.17, 15) is 9.59 Å². The number of hydrogen-bond acceptors (Lipinski definition) is 6. The molecule has 0 saturated heterocycles. The highest BCUT2D eigenvalue weighted by Crippen LogP contribution is 2.32. The van der Waals surface area contributed by atoms with Crippen LogP contribution in [0.1, 0.15) is 16.1 Å². The number of carbonyl (C=O) groups is 2. The number of nitrogens with one attached hydrogen (secondary N) is 3. The number of amides is 3. The Morgan fingerprint density at radius 2 is 1.97 bits per heavy atom. The van der Waals surface area contributed by atoms with Crippen LogP contribution in [0.4, 0.5) is 15.6 Å². The van der Waals surface area contributed by atoms with Crippen molar-refractivity contribution in [1.82, 2.24) is 10.3 Å². The minimum atomic E-state index is -0.478. The molecule has 148 valence electrons. The summed E-state index contributed by atoms with van der Waals surface area (Å²) in [6.07, 6.45) is 0. The van der Waals surface area contributed by atoms with E-state index in [4.69, 9.17) is 21.1 Å². The lowest BCUT2D eigenvalue weighted by Gasteiger charge is -2.06. The predicted molar refractivity (Wildman–Crippen MR) is 110 cm³/mol. The van der Waals surface area contributed by atoms with Gasteiger partial charge in [0, 0.05) is 22.6 Å². The normalized spacial score (nSPS) is 11.8. The molecule has 29 heavy (non-hydrogen) atoms. The SMILES string of the molecule is O=C(Nc1cccc(Cl)c1)Nc1nc(C(=O)NCc2ccc3c(c2)OCO3)cs1. The van der Waals surface area contributed by atoms with Gasteiger partial charge in [-0.1, -0.05) is 23.7 Å². The second-order valence-electron chi connectivity index (χ2n) is 6.00. The number of fused-ring (bicyclic) bond motifs is 1. The van der Waals surface area contributed by atoms with Gasteiger partial charge in [0.25, 0.3) is 5.91 Å². The summed E-state index contributed by atoms with van der Waals surface area (Å²) in [6.45, 7) is 0.510. The van der Waals surface area contributed by atoms with Gasteiger partial charge in [-0.3, -0.25) is 10.1 Å². The van der Waals surface area contributed by atoms with E-state index in [-0.39, 0.29) is 18.4 Å². The van der Waals surface area contributed by atoms with Gasteiger partial charge >= 0.3 is 6.03 Å². The van der Waals surface area contributed by atoms with Crippen LogP contribution in [0.3, 0.4) is 0 Å². The number of hydrogen-bond donors (Lipinski definition) is 3. The fourth-order valence-electron chi connectivity index (χ4n) is 2.58. The molecule has 0 spiro atoms. The first-order valence-corrected chi connectivity index (χ1v) is 9.78. The summed E-state index contributed by atoms with van der Waals surface area (Å²) >= 11 is 7.04. The van der Waals surface area contributed by atoms with Crippen LogP contribution in [0.25, 0.3) is 0 Å². The maximum atomic E-state index is 12.3. The second kappa shape index (κ2) is 8.38. The van der Waals surface area contributed by atoms with E-state index < -0.39 is 6.03 Å². The number of nitrogens with zero attached hydrogens (tertiary/aromatic N) is 1. The zero-order chi connectivity index (χ0) is 20.2. The molecular formula is C19H15ClN4O4S. The Kier molecular flexibility index (Phi) is 5.50. The lowest BCUT2D eigenvalue weighted by molar-refractivity contribution is 0.0946. The van der Waals surface area contributed by atoms with E-state index in [1.165, 1.54) is 0 Å². The molecule has 1 aliphatic rings. The molecule has 0 fully saturated rings. The molecular weight excluding hydrogens is 416 g/mol. The van der Waals surface area contributed by atoms with Crippen LogP contribution in [-0.2, 0) is 6.54 Å². The van der Waals surface area contributed by atoms with Crippen molar-refractivity contribution in [1.29, 1.82) is 0 Å². The molecule has 3 amide bonds. The minimum absolute atomic E-state index is 0.199. The predicted octanol–water partition coefficient (Wildman–Crippen LogP) is 4.10. The summed E-state index contributed by atoms with van der Waals surface area (Å²) < 4.78 is 10.6. The van der Waals surface area contributed by atoms with E-state index in [0.717, 1.165) is 16.9 Å². The van der Waals surface area contributed by atoms with Crippen LogP contribution in [0.15, 0.2) is 47.8 Å². The molecule has 3 aromatic rings. The average molecular weight is 431 g/mol. The topological polar surface area (TPSA) is 102 Å². The summed E-state index contributed by atoms with van der Waals surface area (Å²) in [5.41, 5.74) is 1.64. The van der Waals surface area contributed by atoms with Crippen molar-refractivity contribution in [2.24, 2.45) is 0 Å². The molecule has 8 nitrogen and oxygen atoms in total. The molecule has 4 rings (SSSR count). The van der Waals surface area contributed by atoms with Crippen molar-refractivity contribution in [2.45, 2.75) is 6.54 Å². The molecule has 1 aliphatic heterocycles. The standard InChI is InChI=1S/C19H15ClN4O4S/c20-12-2-1-3-13(7-12)22-18(26)24-19-23-14(9-29-19)17(25)21-8-11-4-5-15-16(6-11)28-10-27-15/h1-7,9H,8,10H2,(H,21,25)(H2,22,23,24,26). The number of benzene rings is 2. The van der Waals surface area contributed by atoms with Crippen LogP contribution in [-0.4, -0.2) is 23.7 Å². The van der Waals surface area contributed by atoms with Crippen molar-refractivity contribution in [3.05, 3.63) is 64.1 Å². The number of rotatable bonds is 5. The number of anilines is 2. The van der Waals surface area contributed by atoms with Gasteiger partial charge in [-0.2, -0.15) is 0 Å². The Bertz CT molecular complexity index is 1070. The number of aromatic nitrogens is 1. The quantitative estimate of drug-likeness (QED) is 0.565. The summed E-state index contributed by atoms with van der Waals surface area (Å²) in [5.74, 6) is 0.996. The Hall–Kier alpha value is -3.30. The molecule has 1 aromatic heterocycles. The highest BCUT2D eigenvalue weighted by atomic mass is 35.5. The molecule has 0 unspecified atom stereocenters. The van der Waals surface area contributed by atoms with Crippen molar-refractivity contribution in [2.75, 3.05) is 17.4 Å². The Morgan fingerprint density at radius 3 is 2.83 bits per heavy atom. The van der Waals surface area contributed by atoms with Crippen LogP contribution in [0.2, 0.25) is 5.02 Å². The van der Waals surface area contributed by atoms with Gasteiger partial charge in [0.15, 0.2) is 16.6 Å². The molecule has 10 heteroatoms. The Balaban J connectivity index is 1.31. The van der Waals surface area contributed by atoms with Gasteiger partial charge < -0.3 is 20.1 Å². The molecule has 0 bridgehead atoms. The number of ether oxygens (including phenoxy) is 2. The lowest BCUT2D eigenvalue weighted by Crippen LogP contribution is -2.23. The maximum Gasteiger partial charge on any atom is 0.325 e. The molecule has 0 atom stereocenters. The minimum Gasteiger partial charge on any atom is -0.454 e. The van der Waals surface area contributed by atoms with Crippen molar-refractivity contribution in [3.8, 4) is 11.5 Å². The Morgan fingerprint density at radius 1 is 1.10 bits per heavy atom. The van der Waals surface area contributed by atoms with Gasteiger partial charge in [-0.25, -0.2) is 9.78 Å². The van der Waals surface area contributed by atoms with Crippen molar-refractivity contribution < 1.29 is 19.1 Å². The number of urea groups is 1. The van der Waals surface area contributed by atoms with Gasteiger partial charge in [-0.05, 0) is 35.9 Å². The van der Waals surface area contributed by atoms with Crippen molar-refractivity contribution in [3.63, 3.8) is 0 Å². The first-order valence-electron chi connectivity index (χ1n) is 8.53. The monoisotopic (exact) mass is 430 g/mol. The summed E-state index contributed by atoms with van der Waals surface area (Å²) in [7, 11) is 0. The largest absolute Gasteiger partial charge is 0.454 e. The second-order valence-corrected chi connectivity index (χ2v) is 7.29. The van der Waals surface area contributed by atoms with Gasteiger partial charge in [0.05, 0.1) is 0 Å². The highest BCUT2D eigenvalue weighted by molar-refractivity contribution is 7.14. The third-order valence-corrected chi connectivity index (χ3v) is 4.92. The first kappa shape index (κ1) is 19.0. The molecule has 2 heterocycles. The van der Waals surface area contributed by atoms with E-state index in [0.29, 0.717) is 33.9 Å². The molecule has 0 saturated carbocycles. The highest BCUT2D eigenvalue weighted by Gasteiger charge is 2.15. The zero-order valence-corrected chi connectivity index (χ0v) is 16.5. The van der Waals surface area contributed by atoms with Crippen LogP contribution >= 0.6 is 22.9 Å². The van der Waals surface area contributed by atoms with Crippen LogP contribution in [0, 0.1) is 0 Å². The maximum absolute atomic E-state index is 12.3. The summed E-state index contributed by atoms with van der Waals surface area (Å²) in [4.78, 5) is 28.5. The summed E-state index contributed by atoms with van der Waals surface area (Å²) in [6, 6.07) is 11.8. The summed E-state index contributed by atoms with van der Waals surface area (Å²) in [5, 5.41) is 10.4. The molecule has 0 aliphatic carbocycles. The molecule has 2 aromatic carbocycles. The third-order valence-electron chi connectivity index (χ3n) is 3.93. The number of thiazole rings is 1. The van der Waals surface area contributed by atoms with E-state index in [1.807, 2.05) is 12.1 Å². The van der Waals surface area contributed by atoms with E-state index in [1.54, 1.807) is 35.7 Å². The van der Waals surface area contributed by atoms with Crippen LogP contribution in [0.5, 0.6) is 11.5 Å². The fourth-order valence-corrected chi connectivity index (χ4v) is 3.46. The van der Waals surface area contributed by atoms with Gasteiger partial charge in [0.1, 0.15) is 5.69 Å². The smallest absolute Gasteiger partial charge is 0.325 e. The van der Waals surface area contributed by atoms with Crippen molar-refractivity contribution >= 4 is 45.7 Å². The fraction of sp³-hybridized carbons (Fsp3) is 0.105. The first-order chi connectivity index (χ1) is 14.1. The molecule has 3 N–H and O–H groups in total.